The van der Waals surface area contributed by atoms with Crippen molar-refractivity contribution in [2.24, 2.45) is 4.99 Å². The highest BCUT2D eigenvalue weighted by Gasteiger charge is 2.29. The third-order valence-electron chi connectivity index (χ3n) is 4.85. The van der Waals surface area contributed by atoms with E-state index in [1.165, 1.54) is 0 Å². The fourth-order valence-corrected chi connectivity index (χ4v) is 3.50. The number of nitrogen functional groups attached to an aromatic ring is 2. The van der Waals surface area contributed by atoms with Crippen molar-refractivity contribution in [3.63, 3.8) is 0 Å². The first-order valence-electron chi connectivity index (χ1n) is 9.18. The number of pyridine rings is 2. The van der Waals surface area contributed by atoms with Crippen molar-refractivity contribution >= 4 is 34.9 Å². The van der Waals surface area contributed by atoms with Gasteiger partial charge in [-0.25, -0.2) is 15.0 Å². The van der Waals surface area contributed by atoms with Gasteiger partial charge in [0.25, 0.3) is 0 Å². The average molecular weight is 430 g/mol. The number of aromatic nitrogens is 2. The second-order valence-electron chi connectivity index (χ2n) is 6.81. The first-order chi connectivity index (χ1) is 15.0. The number of nitrogens with two attached hydrogens (primary N) is 2. The van der Waals surface area contributed by atoms with Crippen LogP contribution in [0.25, 0.3) is 0 Å². The number of nitrogens with one attached hydrogen (secondary N) is 2. The van der Waals surface area contributed by atoms with Gasteiger partial charge in [0.1, 0.15) is 34.5 Å². The molecule has 31 heavy (non-hydrogen) atoms. The molecule has 0 saturated carbocycles. The van der Waals surface area contributed by atoms with Gasteiger partial charge in [-0.15, -0.1) is 0 Å². The van der Waals surface area contributed by atoms with Gasteiger partial charge in [-0.2, -0.15) is 10.5 Å². The molecule has 3 heterocycles. The molecule has 0 bridgehead atoms. The Balaban J connectivity index is 1.72. The summed E-state index contributed by atoms with van der Waals surface area (Å²) in [6.45, 7) is 0. The molecule has 0 amide bonds. The Bertz CT molecular complexity index is 1250. The number of benzene rings is 1. The minimum Gasteiger partial charge on any atom is -0.397 e. The lowest BCUT2D eigenvalue weighted by Gasteiger charge is -2.26. The van der Waals surface area contributed by atoms with Crippen LogP contribution in [-0.4, -0.2) is 15.9 Å². The Labute approximate surface area is 183 Å². The van der Waals surface area contributed by atoms with Crippen LogP contribution in [0.3, 0.4) is 0 Å². The zero-order chi connectivity index (χ0) is 22.0. The van der Waals surface area contributed by atoms with E-state index in [4.69, 9.17) is 28.3 Å². The Morgan fingerprint density at radius 3 is 2.48 bits per heavy atom. The predicted octanol–water partition coefficient (Wildman–Crippen LogP) is 2.70. The first kappa shape index (κ1) is 20.0. The van der Waals surface area contributed by atoms with E-state index in [1.807, 2.05) is 42.6 Å². The Hall–Kier alpha value is -4.34. The number of guanidine groups is 1. The molecule has 1 aliphatic rings. The minimum absolute atomic E-state index is 0.00938. The van der Waals surface area contributed by atoms with Crippen LogP contribution >= 0.6 is 11.6 Å². The molecule has 9 nitrogen and oxygen atoms in total. The zero-order valence-electron chi connectivity index (χ0n) is 16.1. The monoisotopic (exact) mass is 429 g/mol. The van der Waals surface area contributed by atoms with E-state index in [9.17, 15) is 5.26 Å². The fourth-order valence-electron chi connectivity index (χ4n) is 3.39. The molecule has 6 N–H and O–H groups in total. The molecule has 0 radical (unpaired) electrons. The number of fused-ring (bicyclic) bond motifs is 1. The maximum Gasteiger partial charge on any atom is 0.211 e. The third kappa shape index (κ3) is 3.90. The number of hydrogen-bond acceptors (Lipinski definition) is 9. The van der Waals surface area contributed by atoms with Gasteiger partial charge in [0.15, 0.2) is 6.19 Å². The largest absolute Gasteiger partial charge is 0.397 e. The van der Waals surface area contributed by atoms with Crippen LogP contribution in [0.4, 0.5) is 17.3 Å². The Morgan fingerprint density at radius 1 is 1.10 bits per heavy atom. The van der Waals surface area contributed by atoms with E-state index in [0.29, 0.717) is 23.0 Å². The number of rotatable bonds is 3. The quantitative estimate of drug-likeness (QED) is 0.280. The van der Waals surface area contributed by atoms with Crippen molar-refractivity contribution in [2.75, 3.05) is 16.8 Å². The smallest absolute Gasteiger partial charge is 0.211 e. The SMILES string of the molecule is N#CNC1=NC(c2ccc(Cc3ccc(Cl)nc3)cc2)c2c(nc(N)c(C#N)c2N)N1. The van der Waals surface area contributed by atoms with Crippen LogP contribution < -0.4 is 22.1 Å². The maximum absolute atomic E-state index is 9.41. The van der Waals surface area contributed by atoms with Gasteiger partial charge >= 0.3 is 0 Å². The summed E-state index contributed by atoms with van der Waals surface area (Å²) in [4.78, 5) is 12.9. The number of anilines is 3. The van der Waals surface area contributed by atoms with Crippen molar-refractivity contribution in [1.29, 1.82) is 10.5 Å². The van der Waals surface area contributed by atoms with Gasteiger partial charge in [0.05, 0.1) is 5.69 Å². The molecule has 0 saturated heterocycles. The number of halogens is 1. The van der Waals surface area contributed by atoms with E-state index < -0.39 is 6.04 Å². The molecular weight excluding hydrogens is 414 g/mol. The van der Waals surface area contributed by atoms with Crippen LogP contribution in [0.5, 0.6) is 0 Å². The van der Waals surface area contributed by atoms with Gasteiger partial charge in [-0.1, -0.05) is 41.9 Å². The van der Waals surface area contributed by atoms with Crippen molar-refractivity contribution in [3.05, 3.63) is 75.6 Å². The van der Waals surface area contributed by atoms with E-state index in [1.54, 1.807) is 12.3 Å². The average Bonchev–Trinajstić information content (AvgIpc) is 2.76. The second-order valence-corrected chi connectivity index (χ2v) is 7.20. The third-order valence-corrected chi connectivity index (χ3v) is 5.07. The van der Waals surface area contributed by atoms with Crippen LogP contribution in [0.1, 0.15) is 33.9 Å². The number of aliphatic imine (C=N–C) groups is 1. The molecule has 1 aromatic carbocycles. The summed E-state index contributed by atoms with van der Waals surface area (Å²) in [5, 5.41) is 24.2. The lowest BCUT2D eigenvalue weighted by atomic mass is 9.94. The number of nitriles is 2. The molecule has 10 heteroatoms. The summed E-state index contributed by atoms with van der Waals surface area (Å²) >= 11 is 5.84. The van der Waals surface area contributed by atoms with Gasteiger partial charge in [-0.3, -0.25) is 5.32 Å². The Kier molecular flexibility index (Phi) is 5.27. The first-order valence-corrected chi connectivity index (χ1v) is 9.56. The van der Waals surface area contributed by atoms with Crippen molar-refractivity contribution in [1.82, 2.24) is 15.3 Å². The van der Waals surface area contributed by atoms with Gasteiger partial charge < -0.3 is 16.8 Å². The molecule has 1 unspecified atom stereocenters. The number of hydrogen-bond donors (Lipinski definition) is 4. The maximum atomic E-state index is 9.41. The van der Waals surface area contributed by atoms with Crippen molar-refractivity contribution < 1.29 is 0 Å². The second kappa shape index (κ2) is 8.19. The summed E-state index contributed by atoms with van der Waals surface area (Å²) in [6.07, 6.45) is 4.26. The summed E-state index contributed by atoms with van der Waals surface area (Å²) in [7, 11) is 0. The van der Waals surface area contributed by atoms with E-state index >= 15 is 0 Å². The molecular formula is C21H16ClN9. The standard InChI is InChI=1S/C21H16ClN9/c22-15-6-3-12(9-27-15)7-11-1-4-13(5-2-11)18-16-17(25)14(8-23)19(26)30-20(16)31-21(29-18)28-10-24/h1-6,9,18H,7H2,(H6,25,26,28,29,30,31). The highest BCUT2D eigenvalue weighted by Crippen LogP contribution is 2.40. The molecule has 0 fully saturated rings. The molecule has 4 rings (SSSR count). The van der Waals surface area contributed by atoms with Crippen LogP contribution in [0, 0.1) is 22.8 Å². The van der Waals surface area contributed by atoms with Gasteiger partial charge in [0.2, 0.25) is 5.96 Å². The fraction of sp³-hybridized carbons (Fsp3) is 0.0952. The molecule has 0 spiro atoms. The summed E-state index contributed by atoms with van der Waals surface area (Å²) in [6, 6.07) is 12.9. The van der Waals surface area contributed by atoms with Crippen molar-refractivity contribution in [2.45, 2.75) is 12.5 Å². The van der Waals surface area contributed by atoms with Crippen molar-refractivity contribution in [3.8, 4) is 12.3 Å². The summed E-state index contributed by atoms with van der Waals surface area (Å²) in [5.74, 6) is 0.575. The van der Waals surface area contributed by atoms with E-state index in [-0.39, 0.29) is 23.0 Å². The molecule has 3 aromatic rings. The van der Waals surface area contributed by atoms with Gasteiger partial charge in [-0.05, 0) is 29.2 Å². The zero-order valence-corrected chi connectivity index (χ0v) is 16.9. The predicted molar refractivity (Wildman–Crippen MR) is 118 cm³/mol. The molecule has 0 aliphatic carbocycles. The highest BCUT2D eigenvalue weighted by atomic mass is 35.5. The highest BCUT2D eigenvalue weighted by molar-refractivity contribution is 6.29. The Morgan fingerprint density at radius 2 is 1.84 bits per heavy atom. The summed E-state index contributed by atoms with van der Waals surface area (Å²) in [5.41, 5.74) is 15.9. The lowest BCUT2D eigenvalue weighted by Crippen LogP contribution is -2.32. The lowest BCUT2D eigenvalue weighted by molar-refractivity contribution is 0.845. The molecule has 152 valence electrons. The van der Waals surface area contributed by atoms with E-state index in [2.05, 4.69) is 25.6 Å². The normalized spacial score (nSPS) is 14.4. The van der Waals surface area contributed by atoms with Gasteiger partial charge in [0, 0.05) is 11.8 Å². The minimum atomic E-state index is -0.571. The van der Waals surface area contributed by atoms with Crippen LogP contribution in [0.15, 0.2) is 47.6 Å². The topological polar surface area (TPSA) is 162 Å². The van der Waals surface area contributed by atoms with Crippen LogP contribution in [-0.2, 0) is 6.42 Å². The molecule has 1 aliphatic heterocycles. The molecule has 2 aromatic heterocycles. The molecule has 1 atom stereocenters. The van der Waals surface area contributed by atoms with E-state index in [0.717, 1.165) is 16.7 Å². The van der Waals surface area contributed by atoms with Crippen LogP contribution in [0.2, 0.25) is 5.15 Å². The number of nitrogens with zero attached hydrogens (tertiary/aromatic N) is 5. The summed E-state index contributed by atoms with van der Waals surface area (Å²) < 4.78 is 0.